The number of amides is 1. The molecule has 0 unspecified atom stereocenters. The maximum atomic E-state index is 12.1. The maximum absolute atomic E-state index is 12.1. The molecule has 2 fully saturated rings. The molecule has 0 aromatic carbocycles. The Bertz CT molecular complexity index is 375. The number of nitrogens with zero attached hydrogens (tertiary/aromatic N) is 1. The molecule has 0 radical (unpaired) electrons. The van der Waals surface area contributed by atoms with Gasteiger partial charge in [-0.2, -0.15) is 0 Å². The van der Waals surface area contributed by atoms with Crippen molar-refractivity contribution in [1.29, 1.82) is 0 Å². The van der Waals surface area contributed by atoms with Gasteiger partial charge in [0, 0.05) is 32.5 Å². The topological polar surface area (TPSA) is 78.9 Å². The fourth-order valence-electron chi connectivity index (χ4n) is 3.30. The van der Waals surface area contributed by atoms with Gasteiger partial charge in [0.2, 0.25) is 5.91 Å². The highest BCUT2D eigenvalue weighted by molar-refractivity contribution is 5.76. The normalized spacial score (nSPS) is 20.6. The van der Waals surface area contributed by atoms with Crippen LogP contribution in [0.4, 0.5) is 0 Å². The van der Waals surface area contributed by atoms with Crippen molar-refractivity contribution < 1.29 is 19.4 Å². The third kappa shape index (κ3) is 6.87. The van der Waals surface area contributed by atoms with E-state index in [1.807, 2.05) is 4.90 Å². The summed E-state index contributed by atoms with van der Waals surface area (Å²) in [5.41, 5.74) is 0. The van der Waals surface area contributed by atoms with E-state index in [4.69, 9.17) is 9.84 Å². The first-order valence-electron chi connectivity index (χ1n) is 8.97. The van der Waals surface area contributed by atoms with E-state index in [2.05, 4.69) is 5.32 Å². The van der Waals surface area contributed by atoms with E-state index in [1.54, 1.807) is 0 Å². The van der Waals surface area contributed by atoms with Gasteiger partial charge in [-0.15, -0.1) is 0 Å². The summed E-state index contributed by atoms with van der Waals surface area (Å²) in [4.78, 5) is 24.4. The smallest absolute Gasteiger partial charge is 0.303 e. The van der Waals surface area contributed by atoms with Crippen molar-refractivity contribution in [2.75, 3.05) is 32.8 Å². The van der Waals surface area contributed by atoms with Crippen LogP contribution in [0.25, 0.3) is 0 Å². The quantitative estimate of drug-likeness (QED) is 0.663. The van der Waals surface area contributed by atoms with Gasteiger partial charge >= 0.3 is 5.97 Å². The monoisotopic (exact) mass is 326 g/mol. The molecule has 6 nitrogen and oxygen atoms in total. The lowest BCUT2D eigenvalue weighted by atomic mass is 9.99. The zero-order valence-electron chi connectivity index (χ0n) is 14.0. The minimum atomic E-state index is -0.788. The third-order valence-corrected chi connectivity index (χ3v) is 4.85. The number of carboxylic acids is 1. The Kier molecular flexibility index (Phi) is 7.82. The van der Waals surface area contributed by atoms with Gasteiger partial charge in [-0.25, -0.2) is 0 Å². The second kappa shape index (κ2) is 9.88. The van der Waals surface area contributed by atoms with Crippen LogP contribution in [0, 0.1) is 5.92 Å². The zero-order chi connectivity index (χ0) is 16.5. The molecule has 2 aliphatic heterocycles. The van der Waals surface area contributed by atoms with Crippen molar-refractivity contribution in [1.82, 2.24) is 10.2 Å². The molecule has 2 N–H and O–H groups in total. The average molecular weight is 326 g/mol. The molecule has 2 heterocycles. The number of likely N-dealkylation sites (tertiary alicyclic amines) is 1. The zero-order valence-corrected chi connectivity index (χ0v) is 14.0. The van der Waals surface area contributed by atoms with E-state index in [9.17, 15) is 9.59 Å². The lowest BCUT2D eigenvalue weighted by Crippen LogP contribution is -2.41. The summed E-state index contributed by atoms with van der Waals surface area (Å²) in [6.45, 7) is 4.60. The molecule has 2 aliphatic rings. The molecule has 0 bridgehead atoms. The van der Waals surface area contributed by atoms with Crippen molar-refractivity contribution >= 4 is 11.9 Å². The second-order valence-electron chi connectivity index (χ2n) is 6.71. The van der Waals surface area contributed by atoms with Crippen LogP contribution < -0.4 is 5.32 Å². The van der Waals surface area contributed by atoms with E-state index in [1.165, 1.54) is 12.8 Å². The van der Waals surface area contributed by atoms with Crippen molar-refractivity contribution in [3.05, 3.63) is 0 Å². The van der Waals surface area contributed by atoms with Gasteiger partial charge < -0.3 is 20.1 Å². The molecule has 1 amide bonds. The molecule has 2 rings (SSSR count). The molecule has 6 heteroatoms. The second-order valence-corrected chi connectivity index (χ2v) is 6.71. The fraction of sp³-hybridized carbons (Fsp3) is 0.882. The molecule has 0 saturated carbocycles. The summed E-state index contributed by atoms with van der Waals surface area (Å²) in [6.07, 6.45) is 6.40. The third-order valence-electron chi connectivity index (χ3n) is 4.85. The fourth-order valence-corrected chi connectivity index (χ4v) is 3.30. The van der Waals surface area contributed by atoms with Crippen molar-refractivity contribution in [3.8, 4) is 0 Å². The Morgan fingerprint density at radius 1 is 1.04 bits per heavy atom. The predicted molar refractivity (Wildman–Crippen MR) is 87.3 cm³/mol. The average Bonchev–Trinajstić information content (AvgIpc) is 2.58. The van der Waals surface area contributed by atoms with E-state index in [0.717, 1.165) is 45.6 Å². The highest BCUT2D eigenvalue weighted by Gasteiger charge is 2.24. The minimum Gasteiger partial charge on any atom is -0.481 e. The van der Waals surface area contributed by atoms with Gasteiger partial charge in [0.05, 0.1) is 6.10 Å². The largest absolute Gasteiger partial charge is 0.481 e. The number of carbonyl (C=O) groups excluding carboxylic acids is 1. The molecule has 0 atom stereocenters. The standard InChI is InChI=1S/C17H30N2O4/c20-16(3-1-2-4-17(21)22)19-11-7-15(8-12-19)23-13-14-5-9-18-10-6-14/h14-15,18H,1-13H2,(H,21,22). The number of hydrogen-bond donors (Lipinski definition) is 2. The summed E-state index contributed by atoms with van der Waals surface area (Å²) in [5.74, 6) is 0.0569. The lowest BCUT2D eigenvalue weighted by molar-refractivity contribution is -0.138. The maximum Gasteiger partial charge on any atom is 0.303 e. The molecule has 0 aromatic heterocycles. The summed E-state index contributed by atoms with van der Waals surface area (Å²) < 4.78 is 6.04. The van der Waals surface area contributed by atoms with Crippen LogP contribution in [-0.4, -0.2) is 60.8 Å². The molecular formula is C17H30N2O4. The Hall–Kier alpha value is -1.14. The molecule has 2 saturated heterocycles. The summed E-state index contributed by atoms with van der Waals surface area (Å²) in [7, 11) is 0. The Morgan fingerprint density at radius 2 is 1.70 bits per heavy atom. The van der Waals surface area contributed by atoms with Gasteiger partial charge in [0.25, 0.3) is 0 Å². The highest BCUT2D eigenvalue weighted by atomic mass is 16.5. The number of unbranched alkanes of at least 4 members (excludes halogenated alkanes) is 1. The summed E-state index contributed by atoms with van der Waals surface area (Å²) >= 11 is 0. The van der Waals surface area contributed by atoms with Crippen LogP contribution in [0.1, 0.15) is 51.4 Å². The molecular weight excluding hydrogens is 296 g/mol. The van der Waals surface area contributed by atoms with Crippen LogP contribution in [0.5, 0.6) is 0 Å². The number of carbonyl (C=O) groups is 2. The number of rotatable bonds is 8. The van der Waals surface area contributed by atoms with E-state index >= 15 is 0 Å². The summed E-state index contributed by atoms with van der Waals surface area (Å²) in [6, 6.07) is 0. The first-order valence-corrected chi connectivity index (χ1v) is 8.97. The molecule has 0 aromatic rings. The van der Waals surface area contributed by atoms with Crippen LogP contribution in [0.15, 0.2) is 0 Å². The van der Waals surface area contributed by atoms with Gasteiger partial charge in [0.1, 0.15) is 0 Å². The van der Waals surface area contributed by atoms with Crippen LogP contribution in [0.2, 0.25) is 0 Å². The minimum absolute atomic E-state index is 0.153. The van der Waals surface area contributed by atoms with Crippen LogP contribution >= 0.6 is 0 Å². The van der Waals surface area contributed by atoms with Crippen molar-refractivity contribution in [2.24, 2.45) is 5.92 Å². The van der Waals surface area contributed by atoms with Crippen molar-refractivity contribution in [3.63, 3.8) is 0 Å². The highest BCUT2D eigenvalue weighted by Crippen LogP contribution is 2.19. The van der Waals surface area contributed by atoms with Crippen molar-refractivity contribution in [2.45, 2.75) is 57.5 Å². The van der Waals surface area contributed by atoms with E-state index in [0.29, 0.717) is 31.3 Å². The Morgan fingerprint density at radius 3 is 2.35 bits per heavy atom. The first kappa shape index (κ1) is 18.2. The summed E-state index contributed by atoms with van der Waals surface area (Å²) in [5, 5.41) is 12.0. The molecule has 0 spiro atoms. The van der Waals surface area contributed by atoms with E-state index in [-0.39, 0.29) is 12.3 Å². The van der Waals surface area contributed by atoms with E-state index < -0.39 is 5.97 Å². The molecule has 0 aliphatic carbocycles. The number of carboxylic acid groups (broad SMARTS) is 1. The number of piperidine rings is 2. The molecule has 23 heavy (non-hydrogen) atoms. The van der Waals surface area contributed by atoms with Gasteiger partial charge in [-0.1, -0.05) is 0 Å². The number of nitrogens with one attached hydrogen (secondary N) is 1. The van der Waals surface area contributed by atoms with Gasteiger partial charge in [-0.3, -0.25) is 9.59 Å². The van der Waals surface area contributed by atoms with Crippen LogP contribution in [0.3, 0.4) is 0 Å². The molecule has 132 valence electrons. The van der Waals surface area contributed by atoms with Gasteiger partial charge in [-0.05, 0) is 57.5 Å². The van der Waals surface area contributed by atoms with Gasteiger partial charge in [0.15, 0.2) is 0 Å². The first-order chi connectivity index (χ1) is 11.1. The SMILES string of the molecule is O=C(O)CCCCC(=O)N1CCC(OCC2CCNCC2)CC1. The Labute approximate surface area is 138 Å². The predicted octanol–water partition coefficient (Wildman–Crippen LogP) is 1.64. The Balaban J connectivity index is 1.55. The lowest BCUT2D eigenvalue weighted by Gasteiger charge is -2.33. The number of ether oxygens (including phenoxy) is 1. The number of hydrogen-bond acceptors (Lipinski definition) is 4. The van der Waals surface area contributed by atoms with Crippen LogP contribution in [-0.2, 0) is 14.3 Å². The number of aliphatic carboxylic acids is 1.